The van der Waals surface area contributed by atoms with E-state index in [4.69, 9.17) is 9.84 Å². The molecule has 0 aliphatic heterocycles. The molecule has 0 aromatic carbocycles. The van der Waals surface area contributed by atoms with Crippen molar-refractivity contribution in [1.29, 1.82) is 0 Å². The first-order valence-corrected chi connectivity index (χ1v) is 5.84. The summed E-state index contributed by atoms with van der Waals surface area (Å²) in [6.07, 6.45) is 0.315. The summed E-state index contributed by atoms with van der Waals surface area (Å²) in [5.41, 5.74) is -0.615. The van der Waals surface area contributed by atoms with Gasteiger partial charge in [0.25, 0.3) is 0 Å². The molecule has 0 aromatic rings. The highest BCUT2D eigenvalue weighted by Crippen LogP contribution is 2.32. The maximum absolute atomic E-state index is 11.9. The molecule has 1 rings (SSSR count). The molecule has 98 valence electrons. The fourth-order valence-electron chi connectivity index (χ4n) is 2.08. The third kappa shape index (κ3) is 4.00. The normalized spacial score (nSPS) is 29.8. The summed E-state index contributed by atoms with van der Waals surface area (Å²) < 4.78 is 5.21. The van der Waals surface area contributed by atoms with Gasteiger partial charge in [-0.3, -0.25) is 9.59 Å². The van der Waals surface area contributed by atoms with Crippen LogP contribution in [0.25, 0.3) is 0 Å². The molecule has 0 heterocycles. The van der Waals surface area contributed by atoms with Gasteiger partial charge in [-0.15, -0.1) is 0 Å². The van der Waals surface area contributed by atoms with Crippen molar-refractivity contribution in [2.45, 2.75) is 51.7 Å². The van der Waals surface area contributed by atoms with Crippen LogP contribution in [0.15, 0.2) is 0 Å². The summed E-state index contributed by atoms with van der Waals surface area (Å²) in [4.78, 5) is 22.9. The molecule has 17 heavy (non-hydrogen) atoms. The van der Waals surface area contributed by atoms with Crippen LogP contribution >= 0.6 is 0 Å². The van der Waals surface area contributed by atoms with Crippen molar-refractivity contribution in [1.82, 2.24) is 0 Å². The lowest BCUT2D eigenvalue weighted by molar-refractivity contribution is -0.170. The minimum Gasteiger partial charge on any atom is -0.481 e. The zero-order valence-corrected chi connectivity index (χ0v) is 10.5. The zero-order valence-electron chi connectivity index (χ0n) is 10.5. The molecule has 3 atom stereocenters. The largest absolute Gasteiger partial charge is 0.481 e. The lowest BCUT2D eigenvalue weighted by Gasteiger charge is -2.32. The summed E-state index contributed by atoms with van der Waals surface area (Å²) >= 11 is 0. The predicted octanol–water partition coefficient (Wildman–Crippen LogP) is 1.19. The van der Waals surface area contributed by atoms with Crippen molar-refractivity contribution in [3.05, 3.63) is 0 Å². The molecule has 1 aliphatic rings. The first-order chi connectivity index (χ1) is 7.70. The van der Waals surface area contributed by atoms with Crippen LogP contribution in [0.5, 0.6) is 0 Å². The standard InChI is InChI=1S/C12H20O5/c1-12(2,3)17-11(16)8-5-4-7(13)6-9(8)10(14)15/h7-9,13H,4-6H2,1-3H3,(H,14,15)/t7-,8+,9-/m0/s1. The topological polar surface area (TPSA) is 83.8 Å². The van der Waals surface area contributed by atoms with Crippen LogP contribution in [0, 0.1) is 11.8 Å². The highest BCUT2D eigenvalue weighted by Gasteiger charge is 2.40. The van der Waals surface area contributed by atoms with Crippen LogP contribution in [0.4, 0.5) is 0 Å². The van der Waals surface area contributed by atoms with Gasteiger partial charge in [0.05, 0.1) is 17.9 Å². The predicted molar refractivity (Wildman–Crippen MR) is 60.3 cm³/mol. The van der Waals surface area contributed by atoms with Crippen LogP contribution in [-0.2, 0) is 14.3 Å². The van der Waals surface area contributed by atoms with Crippen molar-refractivity contribution in [2.75, 3.05) is 0 Å². The van der Waals surface area contributed by atoms with E-state index in [9.17, 15) is 14.7 Å². The van der Waals surface area contributed by atoms with E-state index in [0.29, 0.717) is 12.8 Å². The number of carbonyl (C=O) groups is 2. The Hall–Kier alpha value is -1.10. The van der Waals surface area contributed by atoms with E-state index in [1.54, 1.807) is 20.8 Å². The summed E-state index contributed by atoms with van der Waals surface area (Å²) in [6, 6.07) is 0. The van der Waals surface area contributed by atoms with E-state index >= 15 is 0 Å². The Morgan fingerprint density at radius 2 is 1.76 bits per heavy atom. The second-order valence-electron chi connectivity index (χ2n) is 5.55. The van der Waals surface area contributed by atoms with Crippen LogP contribution in [0.3, 0.4) is 0 Å². The molecule has 1 fully saturated rings. The van der Waals surface area contributed by atoms with Gasteiger partial charge in [-0.05, 0) is 40.0 Å². The van der Waals surface area contributed by atoms with Gasteiger partial charge in [-0.2, -0.15) is 0 Å². The van der Waals surface area contributed by atoms with E-state index in [1.807, 2.05) is 0 Å². The molecular weight excluding hydrogens is 224 g/mol. The Balaban J connectivity index is 2.73. The molecule has 0 aromatic heterocycles. The SMILES string of the molecule is CC(C)(C)OC(=O)[C@@H]1CC[C@H](O)C[C@@H]1C(=O)O. The minimum absolute atomic E-state index is 0.124. The number of hydrogen-bond acceptors (Lipinski definition) is 4. The van der Waals surface area contributed by atoms with Crippen molar-refractivity contribution in [3.8, 4) is 0 Å². The molecule has 0 spiro atoms. The maximum atomic E-state index is 11.9. The Morgan fingerprint density at radius 1 is 1.18 bits per heavy atom. The Labute approximate surface area is 101 Å². The second kappa shape index (κ2) is 5.04. The Bertz CT molecular complexity index is 305. The maximum Gasteiger partial charge on any atom is 0.310 e. The van der Waals surface area contributed by atoms with E-state index in [0.717, 1.165) is 0 Å². The lowest BCUT2D eigenvalue weighted by Crippen LogP contribution is -2.40. The fourth-order valence-corrected chi connectivity index (χ4v) is 2.08. The van der Waals surface area contributed by atoms with Crippen molar-refractivity contribution >= 4 is 11.9 Å². The molecule has 5 heteroatoms. The molecule has 0 radical (unpaired) electrons. The van der Waals surface area contributed by atoms with Gasteiger partial charge in [0.1, 0.15) is 5.60 Å². The highest BCUT2D eigenvalue weighted by atomic mass is 16.6. The Kier molecular flexibility index (Phi) is 4.14. The van der Waals surface area contributed by atoms with E-state index in [1.165, 1.54) is 0 Å². The fraction of sp³-hybridized carbons (Fsp3) is 0.833. The highest BCUT2D eigenvalue weighted by molar-refractivity contribution is 5.81. The van der Waals surface area contributed by atoms with Gasteiger partial charge in [-0.1, -0.05) is 0 Å². The molecule has 0 bridgehead atoms. The zero-order chi connectivity index (χ0) is 13.2. The van der Waals surface area contributed by atoms with Crippen LogP contribution in [-0.4, -0.2) is 33.9 Å². The number of rotatable bonds is 2. The molecule has 5 nitrogen and oxygen atoms in total. The molecule has 2 N–H and O–H groups in total. The molecule has 1 aliphatic carbocycles. The van der Waals surface area contributed by atoms with Gasteiger partial charge < -0.3 is 14.9 Å². The smallest absolute Gasteiger partial charge is 0.310 e. The number of aliphatic hydroxyl groups is 1. The third-order valence-electron chi connectivity index (χ3n) is 2.85. The number of esters is 1. The van der Waals surface area contributed by atoms with E-state index in [-0.39, 0.29) is 6.42 Å². The summed E-state index contributed by atoms with van der Waals surface area (Å²) in [7, 11) is 0. The summed E-state index contributed by atoms with van der Waals surface area (Å²) in [6.45, 7) is 5.25. The van der Waals surface area contributed by atoms with Crippen LogP contribution in [0.1, 0.15) is 40.0 Å². The summed E-state index contributed by atoms with van der Waals surface area (Å²) in [5, 5.41) is 18.5. The molecule has 0 amide bonds. The lowest BCUT2D eigenvalue weighted by atomic mass is 9.78. The average molecular weight is 244 g/mol. The third-order valence-corrected chi connectivity index (χ3v) is 2.85. The monoisotopic (exact) mass is 244 g/mol. The summed E-state index contributed by atoms with van der Waals surface area (Å²) in [5.74, 6) is -3.00. The number of ether oxygens (including phenoxy) is 1. The average Bonchev–Trinajstić information content (AvgIpc) is 2.14. The number of hydrogen-bond donors (Lipinski definition) is 2. The Morgan fingerprint density at radius 3 is 2.24 bits per heavy atom. The minimum atomic E-state index is -1.04. The van der Waals surface area contributed by atoms with Gasteiger partial charge in [0.15, 0.2) is 0 Å². The number of carbonyl (C=O) groups excluding carboxylic acids is 1. The second-order valence-corrected chi connectivity index (χ2v) is 5.55. The number of aliphatic carboxylic acids is 1. The number of carboxylic acids is 1. The molecule has 1 saturated carbocycles. The molecular formula is C12H20O5. The number of aliphatic hydroxyl groups excluding tert-OH is 1. The van der Waals surface area contributed by atoms with Crippen LogP contribution < -0.4 is 0 Å². The van der Waals surface area contributed by atoms with Gasteiger partial charge in [0, 0.05) is 0 Å². The first kappa shape index (κ1) is 14.0. The van der Waals surface area contributed by atoms with Gasteiger partial charge >= 0.3 is 11.9 Å². The van der Waals surface area contributed by atoms with Gasteiger partial charge in [0.2, 0.25) is 0 Å². The number of carboxylic acid groups (broad SMARTS) is 1. The van der Waals surface area contributed by atoms with Crippen molar-refractivity contribution in [2.24, 2.45) is 11.8 Å². The first-order valence-electron chi connectivity index (χ1n) is 5.84. The van der Waals surface area contributed by atoms with Gasteiger partial charge in [-0.25, -0.2) is 0 Å². The molecule has 0 unspecified atom stereocenters. The van der Waals surface area contributed by atoms with Crippen molar-refractivity contribution < 1.29 is 24.5 Å². The van der Waals surface area contributed by atoms with E-state index in [2.05, 4.69) is 0 Å². The quantitative estimate of drug-likeness (QED) is 0.713. The van der Waals surface area contributed by atoms with Crippen LogP contribution in [0.2, 0.25) is 0 Å². The molecule has 0 saturated heterocycles. The van der Waals surface area contributed by atoms with E-state index < -0.39 is 35.5 Å². The van der Waals surface area contributed by atoms with Crippen molar-refractivity contribution in [3.63, 3.8) is 0 Å².